The number of hydrazine groups is 1. The summed E-state index contributed by atoms with van der Waals surface area (Å²) in [6, 6.07) is 9.84. The van der Waals surface area contributed by atoms with E-state index in [4.69, 9.17) is 20.4 Å². The molecule has 0 saturated carbocycles. The third-order valence-corrected chi connectivity index (χ3v) is 3.92. The topological polar surface area (TPSA) is 111 Å². The lowest BCUT2D eigenvalue weighted by Crippen LogP contribution is -2.30. The van der Waals surface area contributed by atoms with Crippen LogP contribution in [0, 0.1) is 0 Å². The van der Waals surface area contributed by atoms with Gasteiger partial charge in [-0.25, -0.2) is 10.6 Å². The predicted molar refractivity (Wildman–Crippen MR) is 100 cm³/mol. The fourth-order valence-electron chi connectivity index (χ4n) is 1.77. The van der Waals surface area contributed by atoms with Crippen LogP contribution in [0.4, 0.5) is 0 Å². The number of methoxy groups -OCH3 is 2. The molecule has 2 aromatic rings. The fourth-order valence-corrected chi connectivity index (χ4v) is 2.45. The molecule has 0 aliphatic carbocycles. The zero-order valence-corrected chi connectivity index (χ0v) is 16.5. The summed E-state index contributed by atoms with van der Waals surface area (Å²) in [4.78, 5) is 21.8. The van der Waals surface area contributed by atoms with Crippen LogP contribution in [0.5, 0.6) is 11.5 Å². The zero-order chi connectivity index (χ0) is 19.0. The number of nitrogen functional groups attached to an aromatic ring is 1. The number of nitrogens with two attached hydrogens (primary N) is 1. The molecule has 0 saturated heterocycles. The Bertz CT molecular complexity index is 768. The van der Waals surface area contributed by atoms with E-state index in [0.717, 1.165) is 8.95 Å². The Labute approximate surface area is 161 Å². The number of carboxylic acid groups (broad SMARTS) is 1. The first-order valence-corrected chi connectivity index (χ1v) is 8.34. The van der Waals surface area contributed by atoms with Crippen LogP contribution in [-0.4, -0.2) is 31.2 Å². The van der Waals surface area contributed by atoms with Gasteiger partial charge in [-0.2, -0.15) is 0 Å². The van der Waals surface area contributed by atoms with Crippen LogP contribution in [0.2, 0.25) is 0 Å². The molecule has 0 aromatic heterocycles. The monoisotopic (exact) mass is 474 g/mol. The van der Waals surface area contributed by atoms with Crippen molar-refractivity contribution in [2.24, 2.45) is 5.84 Å². The van der Waals surface area contributed by atoms with E-state index in [2.05, 4.69) is 31.9 Å². The highest BCUT2D eigenvalue weighted by Gasteiger charge is 2.11. The first-order chi connectivity index (χ1) is 11.8. The highest BCUT2D eigenvalue weighted by Crippen LogP contribution is 2.23. The van der Waals surface area contributed by atoms with Crippen molar-refractivity contribution in [3.63, 3.8) is 0 Å². The Morgan fingerprint density at radius 2 is 1.40 bits per heavy atom. The van der Waals surface area contributed by atoms with Crippen molar-refractivity contribution < 1.29 is 24.2 Å². The number of carbonyl (C=O) groups is 2. The molecule has 2 aromatic carbocycles. The van der Waals surface area contributed by atoms with Crippen LogP contribution in [0.25, 0.3) is 0 Å². The SMILES string of the molecule is COc1cc(Br)ccc1C(=O)NN.COc1cc(Br)ccc1C(=O)O. The van der Waals surface area contributed by atoms with E-state index in [1.54, 1.807) is 30.3 Å². The van der Waals surface area contributed by atoms with Gasteiger partial charge in [0.15, 0.2) is 0 Å². The van der Waals surface area contributed by atoms with E-state index in [1.807, 2.05) is 5.43 Å². The van der Waals surface area contributed by atoms with Gasteiger partial charge in [0, 0.05) is 8.95 Å². The van der Waals surface area contributed by atoms with Crippen molar-refractivity contribution in [3.8, 4) is 11.5 Å². The number of hydrogen-bond donors (Lipinski definition) is 3. The van der Waals surface area contributed by atoms with E-state index in [-0.39, 0.29) is 11.5 Å². The Morgan fingerprint density at radius 1 is 0.960 bits per heavy atom. The number of carboxylic acids is 1. The minimum absolute atomic E-state index is 0.167. The van der Waals surface area contributed by atoms with Gasteiger partial charge in [-0.05, 0) is 36.4 Å². The van der Waals surface area contributed by atoms with Crippen molar-refractivity contribution in [3.05, 3.63) is 56.5 Å². The number of hydrogen-bond acceptors (Lipinski definition) is 5. The maximum absolute atomic E-state index is 11.2. The second kappa shape index (κ2) is 10.0. The third kappa shape index (κ3) is 6.04. The zero-order valence-electron chi connectivity index (χ0n) is 13.4. The number of ether oxygens (including phenoxy) is 2. The average Bonchev–Trinajstić information content (AvgIpc) is 2.60. The summed E-state index contributed by atoms with van der Waals surface area (Å²) >= 11 is 6.48. The van der Waals surface area contributed by atoms with Crippen LogP contribution in [0.1, 0.15) is 20.7 Å². The first kappa shape index (κ1) is 20.9. The Hall–Kier alpha value is -2.10. The second-order valence-corrected chi connectivity index (χ2v) is 6.30. The van der Waals surface area contributed by atoms with Gasteiger partial charge in [-0.15, -0.1) is 0 Å². The van der Waals surface area contributed by atoms with Crippen molar-refractivity contribution in [2.75, 3.05) is 14.2 Å². The molecule has 25 heavy (non-hydrogen) atoms. The molecular formula is C16H16Br2N2O5. The van der Waals surface area contributed by atoms with Gasteiger partial charge in [-0.3, -0.25) is 10.2 Å². The molecule has 7 nitrogen and oxygen atoms in total. The fraction of sp³-hybridized carbons (Fsp3) is 0.125. The normalized spacial score (nSPS) is 9.48. The molecule has 0 radical (unpaired) electrons. The smallest absolute Gasteiger partial charge is 0.339 e. The summed E-state index contributed by atoms with van der Waals surface area (Å²) in [6.45, 7) is 0. The van der Waals surface area contributed by atoms with Crippen LogP contribution < -0.4 is 20.7 Å². The highest BCUT2D eigenvalue weighted by atomic mass is 79.9. The summed E-state index contributed by atoms with van der Waals surface area (Å²) in [5.74, 6) is 4.48. The van der Waals surface area contributed by atoms with Gasteiger partial charge in [0.1, 0.15) is 17.1 Å². The minimum atomic E-state index is -0.987. The van der Waals surface area contributed by atoms with Gasteiger partial charge in [0.25, 0.3) is 5.91 Å². The van der Waals surface area contributed by atoms with Crippen molar-refractivity contribution in [2.45, 2.75) is 0 Å². The molecule has 134 valence electrons. The summed E-state index contributed by atoms with van der Waals surface area (Å²) in [5.41, 5.74) is 2.62. The molecule has 0 heterocycles. The number of benzene rings is 2. The Balaban J connectivity index is 0.000000251. The van der Waals surface area contributed by atoms with E-state index in [1.165, 1.54) is 20.3 Å². The van der Waals surface area contributed by atoms with Crippen molar-refractivity contribution >= 4 is 43.7 Å². The lowest BCUT2D eigenvalue weighted by atomic mass is 10.2. The molecule has 0 fully saturated rings. The number of aromatic carboxylic acids is 1. The number of halogens is 2. The van der Waals surface area contributed by atoms with E-state index in [0.29, 0.717) is 17.1 Å². The number of carbonyl (C=O) groups excluding carboxylic acids is 1. The third-order valence-electron chi connectivity index (χ3n) is 2.93. The maximum Gasteiger partial charge on any atom is 0.339 e. The van der Waals surface area contributed by atoms with Gasteiger partial charge < -0.3 is 14.6 Å². The van der Waals surface area contributed by atoms with E-state index < -0.39 is 5.97 Å². The largest absolute Gasteiger partial charge is 0.496 e. The number of rotatable bonds is 4. The standard InChI is InChI=1S/C8H9BrN2O2.C8H7BrO3/c1-13-7-4-5(9)2-3-6(7)8(12)11-10;1-12-7-4-5(9)2-3-6(7)8(10)11/h2-4H,10H2,1H3,(H,11,12);2-4H,1H3,(H,10,11). The molecular weight excluding hydrogens is 460 g/mol. The molecule has 0 aliphatic heterocycles. The average molecular weight is 476 g/mol. The Kier molecular flexibility index (Phi) is 8.39. The molecule has 4 N–H and O–H groups in total. The molecule has 0 spiro atoms. The Morgan fingerprint density at radius 3 is 1.80 bits per heavy atom. The summed E-state index contributed by atoms with van der Waals surface area (Å²) in [6.07, 6.45) is 0. The number of nitrogens with one attached hydrogen (secondary N) is 1. The summed E-state index contributed by atoms with van der Waals surface area (Å²) < 4.78 is 11.5. The van der Waals surface area contributed by atoms with Crippen LogP contribution in [-0.2, 0) is 0 Å². The minimum Gasteiger partial charge on any atom is -0.496 e. The quantitative estimate of drug-likeness (QED) is 0.355. The van der Waals surface area contributed by atoms with Crippen LogP contribution in [0.15, 0.2) is 45.3 Å². The van der Waals surface area contributed by atoms with Gasteiger partial charge in [-0.1, -0.05) is 31.9 Å². The first-order valence-electron chi connectivity index (χ1n) is 6.75. The van der Waals surface area contributed by atoms with Crippen LogP contribution >= 0.6 is 31.9 Å². The molecule has 0 aliphatic rings. The molecule has 2 rings (SSSR count). The lowest BCUT2D eigenvalue weighted by Gasteiger charge is -2.06. The lowest BCUT2D eigenvalue weighted by molar-refractivity contribution is 0.0693. The molecule has 0 unspecified atom stereocenters. The van der Waals surface area contributed by atoms with Gasteiger partial charge in [0.2, 0.25) is 0 Å². The molecule has 0 atom stereocenters. The predicted octanol–water partition coefficient (Wildman–Crippen LogP) is 3.22. The molecule has 9 heteroatoms. The van der Waals surface area contributed by atoms with Crippen molar-refractivity contribution in [1.82, 2.24) is 5.43 Å². The molecule has 1 amide bonds. The van der Waals surface area contributed by atoms with Crippen molar-refractivity contribution in [1.29, 1.82) is 0 Å². The van der Waals surface area contributed by atoms with E-state index >= 15 is 0 Å². The molecule has 0 bridgehead atoms. The van der Waals surface area contributed by atoms with Crippen LogP contribution in [0.3, 0.4) is 0 Å². The number of amides is 1. The summed E-state index contributed by atoms with van der Waals surface area (Å²) in [5, 5.41) is 8.69. The highest BCUT2D eigenvalue weighted by molar-refractivity contribution is 9.10. The van der Waals surface area contributed by atoms with Gasteiger partial charge in [0.05, 0.1) is 19.8 Å². The van der Waals surface area contributed by atoms with Gasteiger partial charge >= 0.3 is 5.97 Å². The maximum atomic E-state index is 11.2. The summed E-state index contributed by atoms with van der Waals surface area (Å²) in [7, 11) is 2.93. The van der Waals surface area contributed by atoms with E-state index in [9.17, 15) is 9.59 Å². The second-order valence-electron chi connectivity index (χ2n) is 4.47.